The Balaban J connectivity index is 3.38. The Hall–Kier alpha value is -1.66. The Labute approximate surface area is 418 Å². The first-order valence-electron chi connectivity index (χ1n) is 30.1. The summed E-state index contributed by atoms with van der Waals surface area (Å²) in [5.74, 6) is -0.0335. The summed E-state index contributed by atoms with van der Waals surface area (Å²) in [4.78, 5) is 24.5. The number of rotatable bonds is 56. The molecule has 0 bridgehead atoms. The predicted octanol–water partition coefficient (Wildman–Crippen LogP) is 18.6. The predicted molar refractivity (Wildman–Crippen MR) is 292 cm³/mol. The van der Waals surface area contributed by atoms with Crippen molar-refractivity contribution in [1.82, 2.24) is 5.32 Å². The average Bonchev–Trinajstić information content (AvgIpc) is 3.33. The van der Waals surface area contributed by atoms with Gasteiger partial charge in [0.1, 0.15) is 0 Å². The number of amides is 1. The van der Waals surface area contributed by atoms with Crippen LogP contribution >= 0.6 is 0 Å². The van der Waals surface area contributed by atoms with Crippen LogP contribution in [0.4, 0.5) is 0 Å². The highest BCUT2D eigenvalue weighted by atomic mass is 16.5. The molecule has 0 aliphatic carbocycles. The second-order valence-electron chi connectivity index (χ2n) is 20.7. The lowest BCUT2D eigenvalue weighted by molar-refractivity contribution is -0.143. The molecule has 396 valence electrons. The third-order valence-electron chi connectivity index (χ3n) is 14.0. The van der Waals surface area contributed by atoms with E-state index < -0.39 is 12.1 Å². The van der Waals surface area contributed by atoms with Crippen molar-refractivity contribution < 1.29 is 24.5 Å². The van der Waals surface area contributed by atoms with Crippen LogP contribution in [0.1, 0.15) is 328 Å². The minimum atomic E-state index is -0.665. The zero-order valence-corrected chi connectivity index (χ0v) is 45.1. The van der Waals surface area contributed by atoms with Gasteiger partial charge in [0.25, 0.3) is 0 Å². The molecule has 0 heterocycles. The molecule has 0 rings (SSSR count). The molecule has 0 aromatic carbocycles. The first-order chi connectivity index (χ1) is 33.0. The van der Waals surface area contributed by atoms with E-state index in [0.29, 0.717) is 25.9 Å². The number of allylic oxidation sites excluding steroid dienone is 4. The quantitative estimate of drug-likeness (QED) is 0.0321. The van der Waals surface area contributed by atoms with Crippen LogP contribution in [-0.2, 0) is 14.3 Å². The van der Waals surface area contributed by atoms with Crippen LogP contribution in [0, 0.1) is 0 Å². The number of aliphatic hydroxyl groups excluding tert-OH is 2. The summed E-state index contributed by atoms with van der Waals surface area (Å²) in [5, 5.41) is 23.2. The second kappa shape index (κ2) is 56.9. The summed E-state index contributed by atoms with van der Waals surface area (Å²) in [6.07, 6.45) is 69.0. The molecule has 3 N–H and O–H groups in total. The van der Waals surface area contributed by atoms with Gasteiger partial charge in [0.05, 0.1) is 25.4 Å². The summed E-state index contributed by atoms with van der Waals surface area (Å²) in [6.45, 7) is 4.94. The van der Waals surface area contributed by atoms with Gasteiger partial charge in [0.2, 0.25) is 5.91 Å². The summed E-state index contributed by atoms with van der Waals surface area (Å²) in [7, 11) is 0. The van der Waals surface area contributed by atoms with Crippen molar-refractivity contribution in [3.8, 4) is 0 Å². The summed E-state index contributed by atoms with van der Waals surface area (Å²) < 4.78 is 5.47. The number of unbranched alkanes of at least 4 members (excludes halogenated alkanes) is 41. The molecule has 0 saturated heterocycles. The largest absolute Gasteiger partial charge is 0.466 e. The standard InChI is InChI=1S/C61H117NO5/c1-3-5-7-9-11-13-15-30-35-39-43-47-51-55-61(66)67-56-52-48-44-40-36-32-29-27-25-23-21-19-17-18-20-22-24-26-28-31-34-38-42-46-50-54-60(65)62-58(57-63)59(64)53-49-45-41-37-33-16-14-12-10-8-6-4-2/h13,15,18,20,58-59,63-64H,3-12,14,16-17,19,21-57H2,1-2H3,(H,62,65)/b15-13-,20-18-. The van der Waals surface area contributed by atoms with Crippen molar-refractivity contribution >= 4 is 11.9 Å². The fraction of sp³-hybridized carbons (Fsp3) is 0.902. The minimum Gasteiger partial charge on any atom is -0.466 e. The lowest BCUT2D eigenvalue weighted by Crippen LogP contribution is -2.45. The molecule has 0 spiro atoms. The highest BCUT2D eigenvalue weighted by molar-refractivity contribution is 5.76. The van der Waals surface area contributed by atoms with Gasteiger partial charge in [-0.25, -0.2) is 0 Å². The number of hydrogen-bond acceptors (Lipinski definition) is 5. The molecule has 0 fully saturated rings. The van der Waals surface area contributed by atoms with Gasteiger partial charge in [0.15, 0.2) is 0 Å². The van der Waals surface area contributed by atoms with Gasteiger partial charge in [-0.3, -0.25) is 9.59 Å². The first kappa shape index (κ1) is 65.3. The van der Waals surface area contributed by atoms with Crippen LogP contribution in [0.3, 0.4) is 0 Å². The van der Waals surface area contributed by atoms with E-state index in [1.54, 1.807) is 0 Å². The van der Waals surface area contributed by atoms with Crippen molar-refractivity contribution in [2.75, 3.05) is 13.2 Å². The van der Waals surface area contributed by atoms with Crippen LogP contribution in [0.25, 0.3) is 0 Å². The van der Waals surface area contributed by atoms with Crippen LogP contribution < -0.4 is 5.32 Å². The van der Waals surface area contributed by atoms with Crippen LogP contribution in [-0.4, -0.2) is 47.4 Å². The molecule has 0 aliphatic rings. The number of aliphatic hydroxyl groups is 2. The normalized spacial score (nSPS) is 12.7. The summed E-state index contributed by atoms with van der Waals surface area (Å²) in [6, 6.07) is -0.542. The SMILES string of the molecule is CCCCCC/C=C\CCCCCCCC(=O)OCCCCCCCCCCCCCC/C=C\CCCCCCCCCCCC(=O)NC(CO)C(O)CCCCCCCCCCCCCC. The van der Waals surface area contributed by atoms with E-state index in [1.807, 2.05) is 0 Å². The van der Waals surface area contributed by atoms with Crippen molar-refractivity contribution in [2.24, 2.45) is 0 Å². The topological polar surface area (TPSA) is 95.9 Å². The van der Waals surface area contributed by atoms with E-state index in [2.05, 4.69) is 43.5 Å². The van der Waals surface area contributed by atoms with Gasteiger partial charge in [-0.15, -0.1) is 0 Å². The van der Waals surface area contributed by atoms with E-state index in [9.17, 15) is 19.8 Å². The van der Waals surface area contributed by atoms with Crippen LogP contribution in [0.15, 0.2) is 24.3 Å². The molecule has 0 radical (unpaired) electrons. The molecule has 67 heavy (non-hydrogen) atoms. The Kier molecular flexibility index (Phi) is 55.5. The van der Waals surface area contributed by atoms with Gasteiger partial charge in [-0.2, -0.15) is 0 Å². The number of carbonyl (C=O) groups excluding carboxylic acids is 2. The highest BCUT2D eigenvalue weighted by Gasteiger charge is 2.20. The molecule has 0 aromatic rings. The van der Waals surface area contributed by atoms with E-state index in [4.69, 9.17) is 4.74 Å². The molecular formula is C61H117NO5. The number of nitrogens with one attached hydrogen (secondary N) is 1. The molecular weight excluding hydrogens is 827 g/mol. The third kappa shape index (κ3) is 53.5. The van der Waals surface area contributed by atoms with Crippen molar-refractivity contribution in [1.29, 1.82) is 0 Å². The van der Waals surface area contributed by atoms with Crippen molar-refractivity contribution in [2.45, 2.75) is 341 Å². The second-order valence-corrected chi connectivity index (χ2v) is 20.7. The Bertz CT molecular complexity index is 1040. The molecule has 0 aliphatic heterocycles. The fourth-order valence-corrected chi connectivity index (χ4v) is 9.34. The number of ether oxygens (including phenoxy) is 1. The first-order valence-corrected chi connectivity index (χ1v) is 30.1. The van der Waals surface area contributed by atoms with E-state index in [-0.39, 0.29) is 18.5 Å². The van der Waals surface area contributed by atoms with E-state index in [0.717, 1.165) is 44.9 Å². The smallest absolute Gasteiger partial charge is 0.305 e. The monoisotopic (exact) mass is 944 g/mol. The van der Waals surface area contributed by atoms with Crippen molar-refractivity contribution in [3.05, 3.63) is 24.3 Å². The fourth-order valence-electron chi connectivity index (χ4n) is 9.34. The number of carbonyl (C=O) groups is 2. The zero-order chi connectivity index (χ0) is 48.6. The molecule has 0 saturated carbocycles. The van der Waals surface area contributed by atoms with Gasteiger partial charge in [-0.05, 0) is 77.0 Å². The van der Waals surface area contributed by atoms with E-state index >= 15 is 0 Å². The summed E-state index contributed by atoms with van der Waals surface area (Å²) >= 11 is 0. The minimum absolute atomic E-state index is 0.00428. The maximum Gasteiger partial charge on any atom is 0.305 e. The molecule has 6 nitrogen and oxygen atoms in total. The maximum absolute atomic E-state index is 12.4. The summed E-state index contributed by atoms with van der Waals surface area (Å²) in [5.41, 5.74) is 0. The zero-order valence-electron chi connectivity index (χ0n) is 45.1. The molecule has 6 heteroatoms. The lowest BCUT2D eigenvalue weighted by atomic mass is 10.0. The van der Waals surface area contributed by atoms with E-state index in [1.165, 1.54) is 250 Å². The lowest BCUT2D eigenvalue weighted by Gasteiger charge is -2.22. The number of hydrogen-bond donors (Lipinski definition) is 3. The Morgan fingerprint density at radius 3 is 1.07 bits per heavy atom. The van der Waals surface area contributed by atoms with Gasteiger partial charge >= 0.3 is 5.97 Å². The average molecular weight is 945 g/mol. The van der Waals surface area contributed by atoms with Gasteiger partial charge in [-0.1, -0.05) is 263 Å². The molecule has 2 unspecified atom stereocenters. The Morgan fingerprint density at radius 2 is 0.701 bits per heavy atom. The van der Waals surface area contributed by atoms with Gasteiger partial charge < -0.3 is 20.3 Å². The van der Waals surface area contributed by atoms with Crippen molar-refractivity contribution in [3.63, 3.8) is 0 Å². The number of esters is 1. The van der Waals surface area contributed by atoms with Crippen LogP contribution in [0.2, 0.25) is 0 Å². The molecule has 1 amide bonds. The molecule has 0 aromatic heterocycles. The highest BCUT2D eigenvalue weighted by Crippen LogP contribution is 2.17. The van der Waals surface area contributed by atoms with Crippen LogP contribution in [0.5, 0.6) is 0 Å². The van der Waals surface area contributed by atoms with Gasteiger partial charge in [0, 0.05) is 12.8 Å². The maximum atomic E-state index is 12.4. The molecule has 2 atom stereocenters. The third-order valence-corrected chi connectivity index (χ3v) is 14.0. The Morgan fingerprint density at radius 1 is 0.403 bits per heavy atom.